The van der Waals surface area contributed by atoms with Gasteiger partial charge in [-0.3, -0.25) is 4.79 Å². The van der Waals surface area contributed by atoms with Gasteiger partial charge in [-0.15, -0.1) is 11.3 Å². The summed E-state index contributed by atoms with van der Waals surface area (Å²) in [5.41, 5.74) is 2.30. The summed E-state index contributed by atoms with van der Waals surface area (Å²) < 4.78 is 3.06. The predicted molar refractivity (Wildman–Crippen MR) is 97.8 cm³/mol. The molecule has 0 spiro atoms. The molecule has 124 valence electrons. The first kappa shape index (κ1) is 14.6. The molecule has 1 amide bonds. The third-order valence-electron chi connectivity index (χ3n) is 4.69. The van der Waals surface area contributed by atoms with Crippen molar-refractivity contribution in [3.63, 3.8) is 0 Å². The normalized spacial score (nSPS) is 17.6. The van der Waals surface area contributed by atoms with Crippen LogP contribution >= 0.6 is 11.3 Å². The minimum atomic E-state index is -0.00884. The Kier molecular flexibility index (Phi) is 3.31. The quantitative estimate of drug-likeness (QED) is 0.552. The van der Waals surface area contributed by atoms with Crippen LogP contribution in [0.3, 0.4) is 0 Å². The van der Waals surface area contributed by atoms with Crippen LogP contribution in [0.15, 0.2) is 54.9 Å². The van der Waals surface area contributed by atoms with E-state index in [-0.39, 0.29) is 11.9 Å². The van der Waals surface area contributed by atoms with E-state index in [0.29, 0.717) is 5.69 Å². The molecular weight excluding hydrogens is 332 g/mol. The van der Waals surface area contributed by atoms with Gasteiger partial charge >= 0.3 is 0 Å². The van der Waals surface area contributed by atoms with E-state index in [0.717, 1.165) is 35.6 Å². The second-order valence-electron chi connectivity index (χ2n) is 6.27. The lowest BCUT2D eigenvalue weighted by Gasteiger charge is -2.22. The van der Waals surface area contributed by atoms with Crippen molar-refractivity contribution < 1.29 is 4.79 Å². The first-order valence-corrected chi connectivity index (χ1v) is 9.21. The number of carbonyl (C=O) groups excluding carboxylic acids is 1. The number of amides is 1. The van der Waals surface area contributed by atoms with Gasteiger partial charge in [0.2, 0.25) is 0 Å². The van der Waals surface area contributed by atoms with E-state index >= 15 is 0 Å². The average Bonchev–Trinajstić information content (AvgIpc) is 3.36. The second kappa shape index (κ2) is 5.67. The molecule has 0 aliphatic carbocycles. The van der Waals surface area contributed by atoms with Crippen LogP contribution in [0.5, 0.6) is 0 Å². The summed E-state index contributed by atoms with van der Waals surface area (Å²) in [6.45, 7) is 0.757. The van der Waals surface area contributed by atoms with Gasteiger partial charge in [0.15, 0.2) is 0 Å². The number of aromatic nitrogens is 3. The molecule has 1 aromatic carbocycles. The second-order valence-corrected chi connectivity index (χ2v) is 7.33. The predicted octanol–water partition coefficient (Wildman–Crippen LogP) is 3.92. The Balaban J connectivity index is 1.50. The van der Waals surface area contributed by atoms with E-state index in [2.05, 4.69) is 11.1 Å². The van der Waals surface area contributed by atoms with Crippen LogP contribution in [-0.2, 0) is 0 Å². The highest BCUT2D eigenvalue weighted by Crippen LogP contribution is 2.37. The molecule has 0 radical (unpaired) electrons. The fourth-order valence-electron chi connectivity index (χ4n) is 3.48. The maximum atomic E-state index is 13.0. The Hall–Kier alpha value is -2.73. The number of rotatable bonds is 2. The number of imidazole rings is 1. The van der Waals surface area contributed by atoms with Crippen molar-refractivity contribution >= 4 is 33.1 Å². The summed E-state index contributed by atoms with van der Waals surface area (Å²) >= 11 is 1.69. The number of carbonyl (C=O) groups is 1. The molecule has 0 saturated carbocycles. The van der Waals surface area contributed by atoms with Crippen LogP contribution in [0, 0.1) is 0 Å². The van der Waals surface area contributed by atoms with Crippen molar-refractivity contribution in [2.75, 3.05) is 6.54 Å². The first-order valence-electron chi connectivity index (χ1n) is 8.40. The summed E-state index contributed by atoms with van der Waals surface area (Å²) in [5.74, 6) is -0.00884. The summed E-state index contributed by atoms with van der Waals surface area (Å²) in [6, 6.07) is 14.0. The molecule has 6 heteroatoms. The first-order chi connectivity index (χ1) is 12.3. The minimum absolute atomic E-state index is 0.00884. The zero-order valence-electron chi connectivity index (χ0n) is 13.5. The van der Waals surface area contributed by atoms with Gasteiger partial charge in [-0.05, 0) is 37.1 Å². The fourth-order valence-corrected chi connectivity index (χ4v) is 4.60. The molecule has 1 unspecified atom stereocenters. The number of hydrogen-bond acceptors (Lipinski definition) is 4. The largest absolute Gasteiger partial charge is 0.328 e. The molecule has 1 atom stereocenters. The summed E-state index contributed by atoms with van der Waals surface area (Å²) in [7, 11) is 0. The van der Waals surface area contributed by atoms with E-state index in [1.54, 1.807) is 11.3 Å². The molecular formula is C19H16N4OS. The van der Waals surface area contributed by atoms with Crippen molar-refractivity contribution in [2.45, 2.75) is 18.9 Å². The number of benzene rings is 1. The van der Waals surface area contributed by atoms with Crippen molar-refractivity contribution in [3.8, 4) is 0 Å². The fraction of sp³-hybridized carbons (Fsp3) is 0.211. The van der Waals surface area contributed by atoms with Gasteiger partial charge in [-0.25, -0.2) is 9.97 Å². The summed E-state index contributed by atoms with van der Waals surface area (Å²) in [5, 5.41) is 1.02. The summed E-state index contributed by atoms with van der Waals surface area (Å²) in [6.07, 6.45) is 5.68. The van der Waals surface area contributed by atoms with E-state index < -0.39 is 0 Å². The van der Waals surface area contributed by atoms with Gasteiger partial charge in [0.25, 0.3) is 5.91 Å². The smallest absolute Gasteiger partial charge is 0.274 e. The average molecular weight is 348 g/mol. The van der Waals surface area contributed by atoms with E-state index in [1.807, 2.05) is 58.1 Å². The lowest BCUT2D eigenvalue weighted by Crippen LogP contribution is -2.30. The van der Waals surface area contributed by atoms with E-state index in [9.17, 15) is 4.79 Å². The van der Waals surface area contributed by atoms with Crippen LogP contribution in [0.2, 0.25) is 0 Å². The number of pyridine rings is 1. The molecule has 1 fully saturated rings. The Morgan fingerprint density at radius 2 is 2.00 bits per heavy atom. The monoisotopic (exact) mass is 348 g/mol. The van der Waals surface area contributed by atoms with Crippen molar-refractivity contribution in [1.29, 1.82) is 0 Å². The van der Waals surface area contributed by atoms with Gasteiger partial charge in [0.05, 0.1) is 16.3 Å². The Bertz CT molecular complexity index is 1020. The van der Waals surface area contributed by atoms with Crippen LogP contribution < -0.4 is 0 Å². The van der Waals surface area contributed by atoms with Crippen LogP contribution in [0.1, 0.15) is 34.4 Å². The number of nitrogens with zero attached hydrogens (tertiary/aromatic N) is 4. The molecule has 0 N–H and O–H groups in total. The molecule has 1 aliphatic rings. The van der Waals surface area contributed by atoms with Crippen LogP contribution in [-0.4, -0.2) is 31.7 Å². The molecule has 5 rings (SSSR count). The Labute approximate surface area is 148 Å². The number of hydrogen-bond donors (Lipinski definition) is 0. The molecule has 0 bridgehead atoms. The third-order valence-corrected chi connectivity index (χ3v) is 5.83. The zero-order chi connectivity index (χ0) is 16.8. The Morgan fingerprint density at radius 1 is 1.12 bits per heavy atom. The van der Waals surface area contributed by atoms with Crippen LogP contribution in [0.4, 0.5) is 0 Å². The third kappa shape index (κ3) is 2.41. The molecule has 25 heavy (non-hydrogen) atoms. The lowest BCUT2D eigenvalue weighted by molar-refractivity contribution is 0.0730. The minimum Gasteiger partial charge on any atom is -0.328 e. The highest BCUT2D eigenvalue weighted by atomic mass is 32.1. The summed E-state index contributed by atoms with van der Waals surface area (Å²) in [4.78, 5) is 24.2. The standard InChI is InChI=1S/C19H16N4OS/c24-19(14-12-22-10-4-3-9-17(22)20-14)23-11-5-7-15(23)18-21-13-6-1-2-8-16(13)25-18/h1-4,6,8-10,12,15H,5,7,11H2. The molecule has 4 aromatic rings. The van der Waals surface area contributed by atoms with E-state index in [4.69, 9.17) is 4.98 Å². The Morgan fingerprint density at radius 3 is 2.88 bits per heavy atom. The van der Waals surface area contributed by atoms with Gasteiger partial charge in [-0.1, -0.05) is 18.2 Å². The number of likely N-dealkylation sites (tertiary alicyclic amines) is 1. The maximum absolute atomic E-state index is 13.0. The lowest BCUT2D eigenvalue weighted by atomic mass is 10.2. The van der Waals surface area contributed by atoms with Gasteiger partial charge in [-0.2, -0.15) is 0 Å². The van der Waals surface area contributed by atoms with Gasteiger partial charge in [0, 0.05) is 18.9 Å². The maximum Gasteiger partial charge on any atom is 0.274 e. The molecule has 1 aliphatic heterocycles. The van der Waals surface area contributed by atoms with Crippen molar-refractivity contribution in [1.82, 2.24) is 19.3 Å². The number of thiazole rings is 1. The number of fused-ring (bicyclic) bond motifs is 2. The highest BCUT2D eigenvalue weighted by Gasteiger charge is 2.33. The van der Waals surface area contributed by atoms with Gasteiger partial charge < -0.3 is 9.30 Å². The SMILES string of the molecule is O=C(c1cn2ccccc2n1)N1CCCC1c1nc2ccccc2s1. The highest BCUT2D eigenvalue weighted by molar-refractivity contribution is 7.18. The van der Waals surface area contributed by atoms with Crippen molar-refractivity contribution in [2.24, 2.45) is 0 Å². The van der Waals surface area contributed by atoms with Crippen LogP contribution in [0.25, 0.3) is 15.9 Å². The van der Waals surface area contributed by atoms with E-state index in [1.165, 1.54) is 4.70 Å². The molecule has 4 heterocycles. The van der Waals surface area contributed by atoms with Gasteiger partial charge in [0.1, 0.15) is 16.3 Å². The zero-order valence-corrected chi connectivity index (χ0v) is 14.3. The molecule has 5 nitrogen and oxygen atoms in total. The topological polar surface area (TPSA) is 50.5 Å². The number of para-hydroxylation sites is 1. The molecule has 1 saturated heterocycles. The van der Waals surface area contributed by atoms with Crippen molar-refractivity contribution in [3.05, 3.63) is 65.6 Å². The molecule has 3 aromatic heterocycles.